The third-order valence-corrected chi connectivity index (χ3v) is 1.59. The zero-order valence-electron chi connectivity index (χ0n) is 6.92. The lowest BCUT2D eigenvalue weighted by Gasteiger charge is -2.02. The van der Waals surface area contributed by atoms with E-state index < -0.39 is 11.9 Å². The van der Waals surface area contributed by atoms with Crippen LogP contribution in [0, 0.1) is 0 Å². The number of aliphatic carboxylic acids is 2. The number of carboxylic acid groups (broad SMARTS) is 2. The summed E-state index contributed by atoms with van der Waals surface area (Å²) in [4.78, 5) is 20.7. The van der Waals surface area contributed by atoms with Gasteiger partial charge in [-0.25, -0.2) is 9.59 Å². The lowest BCUT2D eigenvalue weighted by molar-refractivity contribution is -0.132. The Kier molecular flexibility index (Phi) is 3.22. The van der Waals surface area contributed by atoms with E-state index >= 15 is 0 Å². The second-order valence-corrected chi connectivity index (χ2v) is 2.34. The number of carboxylic acids is 2. The van der Waals surface area contributed by atoms with Crippen molar-refractivity contribution < 1.29 is 19.8 Å². The molecule has 0 unspecified atom stereocenters. The van der Waals surface area contributed by atoms with Crippen LogP contribution < -0.4 is 0 Å². The predicted molar refractivity (Wildman–Crippen MR) is 42.8 cm³/mol. The molecule has 0 aliphatic carbocycles. The minimum absolute atomic E-state index is 0.00222. The smallest absolute Gasteiger partial charge is 0.335 e. The predicted octanol–water partition coefficient (Wildman–Crippen LogP) is 1.05. The molecule has 0 aromatic heterocycles. The highest BCUT2D eigenvalue weighted by molar-refractivity contribution is 5.96. The minimum atomic E-state index is -1.20. The number of hydrogen-bond acceptors (Lipinski definition) is 2. The first kappa shape index (κ1) is 10.4. The molecule has 12 heavy (non-hydrogen) atoms. The van der Waals surface area contributed by atoms with Gasteiger partial charge in [0, 0.05) is 5.57 Å². The van der Waals surface area contributed by atoms with Gasteiger partial charge in [0.05, 0.1) is 5.57 Å². The number of hydrogen-bond donors (Lipinski definition) is 2. The fraction of sp³-hybridized carbons (Fsp3) is 0.250. The molecule has 0 heterocycles. The zero-order chi connectivity index (χ0) is 9.89. The molecule has 0 bridgehead atoms. The zero-order valence-corrected chi connectivity index (χ0v) is 6.92. The van der Waals surface area contributed by atoms with E-state index in [1.807, 2.05) is 0 Å². The van der Waals surface area contributed by atoms with Gasteiger partial charge in [0.2, 0.25) is 0 Å². The van der Waals surface area contributed by atoms with Crippen molar-refractivity contribution in [1.29, 1.82) is 0 Å². The Balaban J connectivity index is 4.92. The highest BCUT2D eigenvalue weighted by Crippen LogP contribution is 2.12. The van der Waals surface area contributed by atoms with Crippen LogP contribution in [0.15, 0.2) is 23.3 Å². The molecule has 0 spiro atoms. The van der Waals surface area contributed by atoms with Crippen LogP contribution in [-0.2, 0) is 9.59 Å². The molecule has 0 amide bonds. The Morgan fingerprint density at radius 2 is 1.42 bits per heavy atom. The highest BCUT2D eigenvalue weighted by atomic mass is 16.4. The Bertz CT molecular complexity index is 273. The summed E-state index contributed by atoms with van der Waals surface area (Å²) in [6.45, 7) is 5.99. The lowest BCUT2D eigenvalue weighted by Crippen LogP contribution is -2.06. The van der Waals surface area contributed by atoms with Crippen LogP contribution in [0.4, 0.5) is 0 Å². The van der Waals surface area contributed by atoms with E-state index in [0.29, 0.717) is 0 Å². The van der Waals surface area contributed by atoms with Gasteiger partial charge >= 0.3 is 11.9 Å². The van der Waals surface area contributed by atoms with Crippen LogP contribution in [0.25, 0.3) is 0 Å². The quantitative estimate of drug-likeness (QED) is 0.490. The molecule has 0 aromatic rings. The van der Waals surface area contributed by atoms with Crippen LogP contribution in [0.1, 0.15) is 13.8 Å². The van der Waals surface area contributed by atoms with E-state index in [-0.39, 0.29) is 16.7 Å². The molecule has 0 aromatic carbocycles. The molecule has 66 valence electrons. The van der Waals surface area contributed by atoms with Crippen LogP contribution in [0.2, 0.25) is 0 Å². The van der Waals surface area contributed by atoms with Crippen molar-refractivity contribution in [2.24, 2.45) is 0 Å². The van der Waals surface area contributed by atoms with Gasteiger partial charge in [-0.3, -0.25) is 0 Å². The summed E-state index contributed by atoms with van der Waals surface area (Å²) in [5, 5.41) is 16.9. The molecule has 4 nitrogen and oxygen atoms in total. The molecule has 0 radical (unpaired) electrons. The maximum absolute atomic E-state index is 10.4. The highest BCUT2D eigenvalue weighted by Gasteiger charge is 2.12. The van der Waals surface area contributed by atoms with E-state index in [9.17, 15) is 9.59 Å². The summed E-state index contributed by atoms with van der Waals surface area (Å²) in [6.07, 6.45) is 0. The van der Waals surface area contributed by atoms with Crippen molar-refractivity contribution in [2.75, 3.05) is 0 Å². The van der Waals surface area contributed by atoms with E-state index in [1.54, 1.807) is 0 Å². The van der Waals surface area contributed by atoms with Gasteiger partial charge < -0.3 is 10.2 Å². The van der Waals surface area contributed by atoms with Crippen molar-refractivity contribution in [2.45, 2.75) is 13.8 Å². The van der Waals surface area contributed by atoms with Gasteiger partial charge in [0.25, 0.3) is 0 Å². The summed E-state index contributed by atoms with van der Waals surface area (Å²) in [5.74, 6) is -2.33. The Labute approximate surface area is 69.8 Å². The average Bonchev–Trinajstić information content (AvgIpc) is 2.00. The first-order chi connectivity index (χ1) is 5.37. The largest absolute Gasteiger partial charge is 0.478 e. The van der Waals surface area contributed by atoms with Gasteiger partial charge in [-0.2, -0.15) is 0 Å². The van der Waals surface area contributed by atoms with Crippen molar-refractivity contribution in [3.63, 3.8) is 0 Å². The summed E-state index contributed by atoms with van der Waals surface area (Å²) < 4.78 is 0. The lowest BCUT2D eigenvalue weighted by atomic mass is 10.0. The molecule has 4 heteroatoms. The van der Waals surface area contributed by atoms with Gasteiger partial charge in [-0.1, -0.05) is 6.58 Å². The molecule has 0 aliphatic heterocycles. The average molecular weight is 170 g/mol. The molecule has 0 rings (SSSR count). The van der Waals surface area contributed by atoms with Gasteiger partial charge in [0.1, 0.15) is 0 Å². The van der Waals surface area contributed by atoms with E-state index in [2.05, 4.69) is 6.58 Å². The standard InChI is InChI=1S/C8H10O4/c1-4(5(2)7(9)10)6(3)8(11)12/h2H2,1,3H3,(H,9,10)(H,11,12). The minimum Gasteiger partial charge on any atom is -0.478 e. The summed E-state index contributed by atoms with van der Waals surface area (Å²) in [7, 11) is 0. The first-order valence-electron chi connectivity index (χ1n) is 3.21. The fourth-order valence-corrected chi connectivity index (χ4v) is 0.547. The van der Waals surface area contributed by atoms with E-state index in [1.165, 1.54) is 13.8 Å². The SMILES string of the molecule is C=C(C(=O)O)C(C)=C(C)C(=O)O. The van der Waals surface area contributed by atoms with Crippen molar-refractivity contribution in [3.05, 3.63) is 23.3 Å². The van der Waals surface area contributed by atoms with Crippen LogP contribution in [0.3, 0.4) is 0 Å². The number of carbonyl (C=O) groups is 2. The molecule has 2 N–H and O–H groups in total. The second-order valence-electron chi connectivity index (χ2n) is 2.34. The molecule has 0 fully saturated rings. The van der Waals surface area contributed by atoms with Crippen molar-refractivity contribution in [1.82, 2.24) is 0 Å². The Hall–Kier alpha value is -1.58. The maximum Gasteiger partial charge on any atom is 0.335 e. The third kappa shape index (κ3) is 2.23. The summed E-state index contributed by atoms with van der Waals surface area (Å²) in [6, 6.07) is 0. The first-order valence-corrected chi connectivity index (χ1v) is 3.21. The fourth-order valence-electron chi connectivity index (χ4n) is 0.547. The van der Waals surface area contributed by atoms with Gasteiger partial charge in [-0.05, 0) is 19.4 Å². The number of rotatable bonds is 3. The van der Waals surface area contributed by atoms with Gasteiger partial charge in [-0.15, -0.1) is 0 Å². The van der Waals surface area contributed by atoms with Crippen molar-refractivity contribution in [3.8, 4) is 0 Å². The Morgan fingerprint density at radius 1 is 1.00 bits per heavy atom. The van der Waals surface area contributed by atoms with Crippen LogP contribution >= 0.6 is 0 Å². The maximum atomic E-state index is 10.4. The molecular formula is C8H10O4. The van der Waals surface area contributed by atoms with Crippen molar-refractivity contribution >= 4 is 11.9 Å². The van der Waals surface area contributed by atoms with Crippen LogP contribution in [-0.4, -0.2) is 22.2 Å². The summed E-state index contributed by atoms with van der Waals surface area (Å²) >= 11 is 0. The third-order valence-electron chi connectivity index (χ3n) is 1.59. The summed E-state index contributed by atoms with van der Waals surface area (Å²) in [5.41, 5.74) is 0.00676. The molecule has 0 aliphatic rings. The monoisotopic (exact) mass is 170 g/mol. The molecule has 0 saturated heterocycles. The molecule has 0 saturated carbocycles. The van der Waals surface area contributed by atoms with E-state index in [0.717, 1.165) is 0 Å². The van der Waals surface area contributed by atoms with E-state index in [4.69, 9.17) is 10.2 Å². The topological polar surface area (TPSA) is 74.6 Å². The second kappa shape index (κ2) is 3.71. The molecule has 0 atom stereocenters. The van der Waals surface area contributed by atoms with Gasteiger partial charge in [0.15, 0.2) is 0 Å². The van der Waals surface area contributed by atoms with Crippen LogP contribution in [0.5, 0.6) is 0 Å². The molecular weight excluding hydrogens is 160 g/mol. The normalized spacial score (nSPS) is 11.8. The Morgan fingerprint density at radius 3 is 1.67 bits per heavy atom.